The van der Waals surface area contributed by atoms with Crippen LogP contribution in [0.25, 0.3) is 0 Å². The van der Waals surface area contributed by atoms with Crippen LogP contribution in [0.5, 0.6) is 0 Å². The topological polar surface area (TPSA) is 18.5 Å². The molecule has 2 fully saturated rings. The summed E-state index contributed by atoms with van der Waals surface area (Å²) in [4.78, 5) is 0. The molecule has 0 bridgehead atoms. The molecule has 0 N–H and O–H groups in total. The maximum absolute atomic E-state index is 5.84. The molecule has 2 aliphatic rings. The third kappa shape index (κ3) is 2.39. The monoisotopic (exact) mass is 204 g/mol. The molecule has 1 unspecified atom stereocenters. The molecule has 1 atom stereocenters. The Morgan fingerprint density at radius 2 is 1.92 bits per heavy atom. The first kappa shape index (κ1) is 11.3. The van der Waals surface area contributed by atoms with Gasteiger partial charge in [-0.3, -0.25) is 0 Å². The highest BCUT2D eigenvalue weighted by molar-refractivity contribution is 7.80. The molecule has 0 aromatic rings. The molecule has 1 saturated heterocycles. The molecule has 1 aliphatic carbocycles. The van der Waals surface area contributed by atoms with Gasteiger partial charge in [0.05, 0.1) is 12.7 Å². The molecule has 1 saturated carbocycles. The van der Waals surface area contributed by atoms with Crippen molar-refractivity contribution in [3.8, 4) is 0 Å². The van der Waals surface area contributed by atoms with Crippen molar-refractivity contribution in [2.24, 2.45) is 0 Å². The Labute approximate surface area is 86.4 Å². The minimum atomic E-state index is -0.203. The fraction of sp³-hybridized carbons (Fsp3) is 1.00. The van der Waals surface area contributed by atoms with Crippen LogP contribution in [-0.4, -0.2) is 24.3 Å². The van der Waals surface area contributed by atoms with Crippen molar-refractivity contribution in [2.45, 2.75) is 51.4 Å². The average Bonchev–Trinajstić information content (AvgIpc) is 2.50. The smallest absolute Gasteiger partial charge is 0.168 e. The number of hydrogen-bond acceptors (Lipinski definition) is 3. The predicted octanol–water partition coefficient (Wildman–Crippen LogP) is 2.63. The summed E-state index contributed by atoms with van der Waals surface area (Å²) < 4.78 is 11.6. The van der Waals surface area contributed by atoms with E-state index in [4.69, 9.17) is 9.47 Å². The summed E-state index contributed by atoms with van der Waals surface area (Å²) in [5, 5.41) is 0. The highest BCUT2D eigenvalue weighted by Crippen LogP contribution is 2.37. The molecular weight excluding hydrogens is 184 g/mol. The van der Waals surface area contributed by atoms with E-state index in [0.29, 0.717) is 0 Å². The standard InChI is InChI=1S/C9H16O2S.CH4/c12-7-8-6-10-9(11-8)4-2-1-3-5-9;/h8,12H,1-7H2;1H4. The van der Waals surface area contributed by atoms with Crippen LogP contribution in [0.15, 0.2) is 0 Å². The van der Waals surface area contributed by atoms with Gasteiger partial charge in [-0.05, 0) is 12.8 Å². The van der Waals surface area contributed by atoms with Crippen LogP contribution >= 0.6 is 12.6 Å². The average molecular weight is 204 g/mol. The van der Waals surface area contributed by atoms with E-state index in [1.165, 1.54) is 19.3 Å². The van der Waals surface area contributed by atoms with Crippen LogP contribution in [0.3, 0.4) is 0 Å². The Kier molecular flexibility index (Phi) is 4.07. The van der Waals surface area contributed by atoms with Crippen LogP contribution in [0.2, 0.25) is 0 Å². The van der Waals surface area contributed by atoms with Crippen molar-refractivity contribution in [1.82, 2.24) is 0 Å². The molecule has 1 heterocycles. The maximum atomic E-state index is 5.84. The largest absolute Gasteiger partial charge is 0.347 e. The molecule has 78 valence electrons. The Morgan fingerprint density at radius 3 is 2.46 bits per heavy atom. The second kappa shape index (κ2) is 4.67. The van der Waals surface area contributed by atoms with Crippen molar-refractivity contribution in [1.29, 1.82) is 0 Å². The van der Waals surface area contributed by atoms with Gasteiger partial charge in [0.15, 0.2) is 5.79 Å². The second-order valence-corrected chi connectivity index (χ2v) is 4.07. The first-order chi connectivity index (χ1) is 5.85. The Morgan fingerprint density at radius 1 is 1.23 bits per heavy atom. The van der Waals surface area contributed by atoms with E-state index in [1.807, 2.05) is 0 Å². The number of ether oxygens (including phenoxy) is 2. The van der Waals surface area contributed by atoms with Gasteiger partial charge in [0.2, 0.25) is 0 Å². The molecule has 0 aromatic carbocycles. The minimum Gasteiger partial charge on any atom is -0.347 e. The summed E-state index contributed by atoms with van der Waals surface area (Å²) in [5.74, 6) is 0.577. The SMILES string of the molecule is C.SCC1COC2(CCCCC2)O1. The molecule has 2 rings (SSSR count). The lowest BCUT2D eigenvalue weighted by atomic mass is 9.94. The predicted molar refractivity (Wildman–Crippen MR) is 57.2 cm³/mol. The fourth-order valence-electron chi connectivity index (χ4n) is 2.06. The second-order valence-electron chi connectivity index (χ2n) is 3.70. The van der Waals surface area contributed by atoms with Crippen molar-refractivity contribution >= 4 is 12.6 Å². The molecule has 3 heteroatoms. The van der Waals surface area contributed by atoms with Crippen molar-refractivity contribution in [3.63, 3.8) is 0 Å². The van der Waals surface area contributed by atoms with E-state index in [2.05, 4.69) is 12.6 Å². The Hall–Kier alpha value is 0.270. The fourth-order valence-corrected chi connectivity index (χ4v) is 2.24. The van der Waals surface area contributed by atoms with Crippen LogP contribution in [-0.2, 0) is 9.47 Å². The minimum absolute atomic E-state index is 0. The summed E-state index contributed by atoms with van der Waals surface area (Å²) in [6, 6.07) is 0. The van der Waals surface area contributed by atoms with Crippen molar-refractivity contribution < 1.29 is 9.47 Å². The van der Waals surface area contributed by atoms with Gasteiger partial charge < -0.3 is 9.47 Å². The van der Waals surface area contributed by atoms with Gasteiger partial charge in [0.25, 0.3) is 0 Å². The van der Waals surface area contributed by atoms with Crippen LogP contribution in [0.1, 0.15) is 39.5 Å². The van der Waals surface area contributed by atoms with E-state index in [0.717, 1.165) is 25.2 Å². The van der Waals surface area contributed by atoms with Gasteiger partial charge in [0.1, 0.15) is 0 Å². The van der Waals surface area contributed by atoms with E-state index in [1.54, 1.807) is 0 Å². The van der Waals surface area contributed by atoms with E-state index in [-0.39, 0.29) is 19.3 Å². The summed E-state index contributed by atoms with van der Waals surface area (Å²) in [6.45, 7) is 0.740. The molecular formula is C10H20O2S. The molecule has 1 aliphatic heterocycles. The Balaban J connectivity index is 0.000000845. The van der Waals surface area contributed by atoms with Crippen molar-refractivity contribution in [2.75, 3.05) is 12.4 Å². The van der Waals surface area contributed by atoms with E-state index < -0.39 is 0 Å². The van der Waals surface area contributed by atoms with Gasteiger partial charge in [-0.15, -0.1) is 0 Å². The van der Waals surface area contributed by atoms with Crippen LogP contribution in [0.4, 0.5) is 0 Å². The lowest BCUT2D eigenvalue weighted by Gasteiger charge is -2.31. The van der Waals surface area contributed by atoms with Crippen LogP contribution < -0.4 is 0 Å². The Bertz CT molecular complexity index is 155. The number of thiol groups is 1. The summed E-state index contributed by atoms with van der Waals surface area (Å²) in [7, 11) is 0. The molecule has 0 amide bonds. The van der Waals surface area contributed by atoms with Gasteiger partial charge in [0, 0.05) is 18.6 Å². The third-order valence-electron chi connectivity index (χ3n) is 2.73. The van der Waals surface area contributed by atoms with Gasteiger partial charge in [-0.25, -0.2) is 0 Å². The van der Waals surface area contributed by atoms with E-state index in [9.17, 15) is 0 Å². The highest BCUT2D eigenvalue weighted by atomic mass is 32.1. The third-order valence-corrected chi connectivity index (χ3v) is 3.14. The molecule has 2 nitrogen and oxygen atoms in total. The number of hydrogen-bond donors (Lipinski definition) is 1. The van der Waals surface area contributed by atoms with Gasteiger partial charge >= 0.3 is 0 Å². The summed E-state index contributed by atoms with van der Waals surface area (Å²) >= 11 is 4.21. The zero-order valence-corrected chi connectivity index (χ0v) is 8.19. The summed E-state index contributed by atoms with van der Waals surface area (Å²) in [5.41, 5.74) is 0. The molecule has 13 heavy (non-hydrogen) atoms. The lowest BCUT2D eigenvalue weighted by Crippen LogP contribution is -2.33. The van der Waals surface area contributed by atoms with Gasteiger partial charge in [-0.2, -0.15) is 12.6 Å². The first-order valence-corrected chi connectivity index (χ1v) is 5.40. The van der Waals surface area contributed by atoms with Gasteiger partial charge in [-0.1, -0.05) is 13.8 Å². The van der Waals surface area contributed by atoms with E-state index >= 15 is 0 Å². The summed E-state index contributed by atoms with van der Waals surface area (Å²) in [6.07, 6.45) is 6.22. The normalized spacial score (nSPS) is 31.6. The molecule has 0 aromatic heterocycles. The zero-order chi connectivity index (χ0) is 8.44. The molecule has 1 spiro atoms. The van der Waals surface area contributed by atoms with Crippen molar-refractivity contribution in [3.05, 3.63) is 0 Å². The maximum Gasteiger partial charge on any atom is 0.168 e. The van der Waals surface area contributed by atoms with Crippen LogP contribution in [0, 0.1) is 0 Å². The quantitative estimate of drug-likeness (QED) is 0.662. The zero-order valence-electron chi connectivity index (χ0n) is 7.29. The lowest BCUT2D eigenvalue weighted by molar-refractivity contribution is -0.184. The highest BCUT2D eigenvalue weighted by Gasteiger charge is 2.41. The number of rotatable bonds is 1. The first-order valence-electron chi connectivity index (χ1n) is 4.77. The molecule has 0 radical (unpaired) electrons.